The quantitative estimate of drug-likeness (QED) is 0.707. The van der Waals surface area contributed by atoms with Gasteiger partial charge in [0.25, 0.3) is 0 Å². The van der Waals surface area contributed by atoms with Gasteiger partial charge in [0.1, 0.15) is 18.9 Å². The molecule has 1 rings (SSSR count). The number of carbonyl (C=O) groups excluding carboxylic acids is 1. The molecule has 0 amide bonds. The topological polar surface area (TPSA) is 53.8 Å². The zero-order chi connectivity index (χ0) is 15.0. The monoisotopic (exact) mass is 297 g/mol. The van der Waals surface area contributed by atoms with Gasteiger partial charge in [0, 0.05) is 10.6 Å². The van der Waals surface area contributed by atoms with Gasteiger partial charge in [0.05, 0.1) is 19.1 Å². The maximum absolute atomic E-state index is 10.5. The average molecular weight is 298 g/mol. The molecule has 0 aliphatic rings. The number of benzene rings is 1. The van der Waals surface area contributed by atoms with E-state index >= 15 is 0 Å². The van der Waals surface area contributed by atoms with Crippen molar-refractivity contribution in [1.82, 2.24) is 0 Å². The van der Waals surface area contributed by atoms with Gasteiger partial charge in [0.2, 0.25) is 0 Å². The van der Waals surface area contributed by atoms with E-state index in [9.17, 15) is 9.90 Å². The lowest BCUT2D eigenvalue weighted by molar-refractivity contribution is -0.896. The van der Waals surface area contributed by atoms with Gasteiger partial charge >= 0.3 is 0 Å². The van der Waals surface area contributed by atoms with Crippen LogP contribution in [0.1, 0.15) is 19.4 Å². The Balaban J connectivity index is 2.71. The second-order valence-electron chi connectivity index (χ2n) is 4.39. The molecule has 0 spiro atoms. The normalized spacial score (nSPS) is 11.2. The molecule has 0 bridgehead atoms. The maximum Gasteiger partial charge on any atom is 0.137 e. The van der Waals surface area contributed by atoms with E-state index in [4.69, 9.17) is 16.3 Å². The summed E-state index contributed by atoms with van der Waals surface area (Å²) in [6.45, 7) is 7.85. The first-order chi connectivity index (χ1) is 9.56. The molecule has 0 aromatic heterocycles. The summed E-state index contributed by atoms with van der Waals surface area (Å²) < 4.78 is 5.71. The highest BCUT2D eigenvalue weighted by atomic mass is 35.5. The zero-order valence-electron chi connectivity index (χ0n) is 11.8. The Hall–Kier alpha value is -1.52. The van der Waals surface area contributed by atoms with Gasteiger partial charge in [-0.25, -0.2) is 0 Å². The summed E-state index contributed by atoms with van der Waals surface area (Å²) in [4.78, 5) is 11.9. The summed E-state index contributed by atoms with van der Waals surface area (Å²) in [5.41, 5.74) is 0.635. The maximum atomic E-state index is 10.5. The molecule has 1 aromatic carbocycles. The molecular weight excluding hydrogens is 278 g/mol. The Kier molecular flexibility index (Phi) is 7.12. The smallest absolute Gasteiger partial charge is 0.137 e. The van der Waals surface area contributed by atoms with Crippen molar-refractivity contribution in [2.75, 3.05) is 26.2 Å². The van der Waals surface area contributed by atoms with Crippen LogP contribution in [0.25, 0.3) is 6.08 Å². The van der Waals surface area contributed by atoms with Gasteiger partial charge in [-0.1, -0.05) is 11.6 Å². The number of hydrogen-bond acceptors (Lipinski definition) is 3. The van der Waals surface area contributed by atoms with Crippen molar-refractivity contribution in [3.63, 3.8) is 0 Å². The first kappa shape index (κ1) is 16.5. The van der Waals surface area contributed by atoms with Gasteiger partial charge in [0.15, 0.2) is 0 Å². The van der Waals surface area contributed by atoms with Crippen LogP contribution in [0, 0.1) is 0 Å². The second-order valence-corrected chi connectivity index (χ2v) is 4.83. The molecule has 0 aliphatic carbocycles. The number of carboxylic acid groups (broad SMARTS) is 1. The molecule has 4 nitrogen and oxygen atoms in total. The molecule has 1 N–H and O–H groups in total. The van der Waals surface area contributed by atoms with Crippen molar-refractivity contribution in [1.29, 1.82) is 0 Å². The highest BCUT2D eigenvalue weighted by Crippen LogP contribution is 2.24. The molecule has 0 saturated carbocycles. The number of aliphatic carboxylic acids is 1. The number of carbonyl (C=O) groups is 1. The molecule has 0 radical (unpaired) electrons. The summed E-state index contributed by atoms with van der Waals surface area (Å²) >= 11 is 5.90. The number of ether oxygens (including phenoxy) is 1. The van der Waals surface area contributed by atoms with Crippen LogP contribution in [0.2, 0.25) is 5.02 Å². The fraction of sp³-hybridized carbons (Fsp3) is 0.400. The number of rotatable bonds is 8. The Morgan fingerprint density at radius 2 is 2.10 bits per heavy atom. The number of hydrogen-bond donors (Lipinski definition) is 1. The lowest BCUT2D eigenvalue weighted by Crippen LogP contribution is -3.12. The van der Waals surface area contributed by atoms with Crippen molar-refractivity contribution < 1.29 is 19.5 Å². The van der Waals surface area contributed by atoms with E-state index in [1.165, 1.54) is 11.0 Å². The first-order valence-corrected chi connectivity index (χ1v) is 7.09. The minimum atomic E-state index is -1.25. The van der Waals surface area contributed by atoms with Crippen LogP contribution in [0.15, 0.2) is 24.3 Å². The van der Waals surface area contributed by atoms with Crippen molar-refractivity contribution in [3.8, 4) is 5.75 Å². The number of nitrogens with one attached hydrogen (secondary N) is 1. The second kappa shape index (κ2) is 8.61. The van der Waals surface area contributed by atoms with Gasteiger partial charge in [-0.15, -0.1) is 0 Å². The van der Waals surface area contributed by atoms with Gasteiger partial charge < -0.3 is 19.5 Å². The van der Waals surface area contributed by atoms with Crippen LogP contribution in [-0.2, 0) is 4.79 Å². The van der Waals surface area contributed by atoms with Crippen molar-refractivity contribution in [2.24, 2.45) is 0 Å². The molecule has 0 fully saturated rings. The average Bonchev–Trinajstić information content (AvgIpc) is 2.43. The standard InChI is InChI=1S/C15H20ClNO3/c1-3-17(4-2)9-10-20-14-7-6-13(16)11-12(14)5-8-15(18)19/h5-8,11H,3-4,9-10H2,1-2H3,(H,18,19)/b8-5-. The number of quaternary nitrogens is 1. The Labute approximate surface area is 124 Å². The molecule has 0 heterocycles. The third kappa shape index (κ3) is 5.63. The van der Waals surface area contributed by atoms with Crippen LogP contribution in [0.4, 0.5) is 0 Å². The summed E-state index contributed by atoms with van der Waals surface area (Å²) in [6, 6.07) is 5.13. The van der Waals surface area contributed by atoms with Crippen LogP contribution in [0.5, 0.6) is 5.75 Å². The Morgan fingerprint density at radius 3 is 2.70 bits per heavy atom. The fourth-order valence-corrected chi connectivity index (χ4v) is 2.03. The third-order valence-electron chi connectivity index (χ3n) is 3.08. The molecule has 20 heavy (non-hydrogen) atoms. The van der Waals surface area contributed by atoms with Gasteiger partial charge in [-0.2, -0.15) is 0 Å². The molecule has 0 aliphatic heterocycles. The van der Waals surface area contributed by atoms with E-state index in [1.54, 1.807) is 18.2 Å². The largest absolute Gasteiger partial charge is 0.545 e. The Bertz CT molecular complexity index is 470. The number of likely N-dealkylation sites (N-methyl/N-ethyl adjacent to an activating group) is 1. The molecule has 110 valence electrons. The third-order valence-corrected chi connectivity index (χ3v) is 3.32. The van der Waals surface area contributed by atoms with Crippen LogP contribution < -0.4 is 14.7 Å². The van der Waals surface area contributed by atoms with Gasteiger partial charge in [-0.05, 0) is 44.2 Å². The first-order valence-electron chi connectivity index (χ1n) is 6.71. The van der Waals surface area contributed by atoms with Crippen LogP contribution >= 0.6 is 11.6 Å². The van der Waals surface area contributed by atoms with E-state index in [1.807, 2.05) is 0 Å². The van der Waals surface area contributed by atoms with Crippen molar-refractivity contribution in [2.45, 2.75) is 13.8 Å². The van der Waals surface area contributed by atoms with Gasteiger partial charge in [-0.3, -0.25) is 0 Å². The minimum absolute atomic E-state index is 0.532. The van der Waals surface area contributed by atoms with Crippen LogP contribution in [0.3, 0.4) is 0 Å². The molecule has 5 heteroatoms. The molecule has 1 aromatic rings. The van der Waals surface area contributed by atoms with E-state index in [-0.39, 0.29) is 0 Å². The van der Waals surface area contributed by atoms with Crippen molar-refractivity contribution in [3.05, 3.63) is 34.9 Å². The summed E-state index contributed by atoms with van der Waals surface area (Å²) in [5, 5.41) is 11.0. The molecule has 0 atom stereocenters. The van der Waals surface area contributed by atoms with E-state index in [0.717, 1.165) is 25.7 Å². The molecular formula is C15H20ClNO3. The molecule has 0 unspecified atom stereocenters. The SMILES string of the molecule is CC[NH+](CC)CCOc1ccc(Cl)cc1/C=C\C(=O)[O-]. The minimum Gasteiger partial charge on any atom is -0.545 e. The fourth-order valence-electron chi connectivity index (χ4n) is 1.85. The zero-order valence-corrected chi connectivity index (χ0v) is 12.6. The number of carboxylic acids is 1. The number of halogens is 1. The highest BCUT2D eigenvalue weighted by molar-refractivity contribution is 6.30. The lowest BCUT2D eigenvalue weighted by atomic mass is 10.2. The lowest BCUT2D eigenvalue weighted by Gasteiger charge is -2.16. The predicted octanol–water partition coefficient (Wildman–Crippen LogP) is 0.407. The summed E-state index contributed by atoms with van der Waals surface area (Å²) in [7, 11) is 0. The predicted molar refractivity (Wildman–Crippen MR) is 77.9 cm³/mol. The Morgan fingerprint density at radius 1 is 1.40 bits per heavy atom. The van der Waals surface area contributed by atoms with Crippen molar-refractivity contribution >= 4 is 23.6 Å². The summed E-state index contributed by atoms with van der Waals surface area (Å²) in [5.74, 6) is -0.623. The highest BCUT2D eigenvalue weighted by Gasteiger charge is 2.05. The van der Waals surface area contributed by atoms with E-state index in [0.29, 0.717) is 22.9 Å². The molecule has 0 saturated heterocycles. The van der Waals surface area contributed by atoms with Crippen LogP contribution in [-0.4, -0.2) is 32.2 Å². The van der Waals surface area contributed by atoms with E-state index < -0.39 is 5.97 Å². The summed E-state index contributed by atoms with van der Waals surface area (Å²) in [6.07, 6.45) is 2.40. The van der Waals surface area contributed by atoms with E-state index in [2.05, 4.69) is 13.8 Å².